The summed E-state index contributed by atoms with van der Waals surface area (Å²) in [5.41, 5.74) is 7.97. The second kappa shape index (κ2) is 6.85. The standard InChI is InChI=1S/C16H18N2O3/c1-12(17)14-3-2-4-16(11-14)21-10-9-13-5-7-15(8-6-13)18(19)20/h2-8,11-12H,9-10,17H2,1H3/t12-/m0/s1. The molecule has 5 nitrogen and oxygen atoms in total. The Labute approximate surface area is 123 Å². The summed E-state index contributed by atoms with van der Waals surface area (Å²) >= 11 is 0. The van der Waals surface area contributed by atoms with Crippen LogP contribution < -0.4 is 10.5 Å². The van der Waals surface area contributed by atoms with Crippen molar-refractivity contribution in [1.29, 1.82) is 0 Å². The van der Waals surface area contributed by atoms with E-state index < -0.39 is 4.92 Å². The topological polar surface area (TPSA) is 78.4 Å². The highest BCUT2D eigenvalue weighted by Crippen LogP contribution is 2.18. The summed E-state index contributed by atoms with van der Waals surface area (Å²) in [5.74, 6) is 0.784. The quantitative estimate of drug-likeness (QED) is 0.653. The zero-order valence-corrected chi connectivity index (χ0v) is 11.9. The van der Waals surface area contributed by atoms with Crippen molar-refractivity contribution in [1.82, 2.24) is 0 Å². The van der Waals surface area contributed by atoms with Crippen LogP contribution in [0.3, 0.4) is 0 Å². The molecule has 0 aliphatic rings. The van der Waals surface area contributed by atoms with Crippen LogP contribution in [0.1, 0.15) is 24.1 Å². The van der Waals surface area contributed by atoms with E-state index in [0.29, 0.717) is 13.0 Å². The summed E-state index contributed by atoms with van der Waals surface area (Å²) < 4.78 is 5.69. The highest BCUT2D eigenvalue weighted by molar-refractivity contribution is 5.33. The molecule has 2 N–H and O–H groups in total. The Morgan fingerprint density at radius 2 is 1.95 bits per heavy atom. The first-order chi connectivity index (χ1) is 10.1. The molecular formula is C16H18N2O3. The van der Waals surface area contributed by atoms with Gasteiger partial charge in [0.25, 0.3) is 5.69 Å². The lowest BCUT2D eigenvalue weighted by Gasteiger charge is -2.10. The number of hydrogen-bond acceptors (Lipinski definition) is 4. The minimum Gasteiger partial charge on any atom is -0.493 e. The van der Waals surface area contributed by atoms with E-state index in [1.165, 1.54) is 12.1 Å². The second-order valence-electron chi connectivity index (χ2n) is 4.88. The maximum atomic E-state index is 10.6. The van der Waals surface area contributed by atoms with Crippen LogP contribution in [0.5, 0.6) is 5.75 Å². The molecule has 2 rings (SSSR count). The Kier molecular flexibility index (Phi) is 4.90. The third-order valence-electron chi connectivity index (χ3n) is 3.19. The van der Waals surface area contributed by atoms with Crippen molar-refractivity contribution < 1.29 is 9.66 Å². The van der Waals surface area contributed by atoms with Gasteiger partial charge >= 0.3 is 0 Å². The van der Waals surface area contributed by atoms with Gasteiger partial charge < -0.3 is 10.5 Å². The van der Waals surface area contributed by atoms with Crippen molar-refractivity contribution in [2.75, 3.05) is 6.61 Å². The maximum Gasteiger partial charge on any atom is 0.269 e. The van der Waals surface area contributed by atoms with E-state index in [4.69, 9.17) is 10.5 Å². The Hall–Kier alpha value is -2.40. The molecule has 5 heteroatoms. The first-order valence-electron chi connectivity index (χ1n) is 6.78. The van der Waals surface area contributed by atoms with Gasteiger partial charge in [0.05, 0.1) is 11.5 Å². The molecule has 0 unspecified atom stereocenters. The number of rotatable bonds is 6. The molecule has 0 saturated carbocycles. The molecule has 0 aromatic heterocycles. The molecule has 0 saturated heterocycles. The number of ether oxygens (including phenoxy) is 1. The summed E-state index contributed by atoms with van der Waals surface area (Å²) in [6, 6.07) is 14.2. The van der Waals surface area contributed by atoms with Gasteiger partial charge in [-0.15, -0.1) is 0 Å². The third kappa shape index (κ3) is 4.29. The maximum absolute atomic E-state index is 10.6. The lowest BCUT2D eigenvalue weighted by atomic mass is 10.1. The smallest absolute Gasteiger partial charge is 0.269 e. The minimum atomic E-state index is -0.403. The van der Waals surface area contributed by atoms with E-state index in [1.807, 2.05) is 31.2 Å². The van der Waals surface area contributed by atoms with Gasteiger partial charge in [-0.05, 0) is 30.2 Å². The van der Waals surface area contributed by atoms with Crippen molar-refractivity contribution in [3.8, 4) is 5.75 Å². The summed E-state index contributed by atoms with van der Waals surface area (Å²) in [6.07, 6.45) is 0.695. The first-order valence-corrected chi connectivity index (χ1v) is 6.78. The summed E-state index contributed by atoms with van der Waals surface area (Å²) in [5, 5.41) is 10.6. The zero-order chi connectivity index (χ0) is 15.2. The molecule has 0 aliphatic carbocycles. The normalized spacial score (nSPS) is 11.9. The predicted octanol–water partition coefficient (Wildman–Crippen LogP) is 3.24. The van der Waals surface area contributed by atoms with Crippen LogP contribution in [0, 0.1) is 10.1 Å². The fourth-order valence-corrected chi connectivity index (χ4v) is 1.96. The van der Waals surface area contributed by atoms with E-state index in [1.54, 1.807) is 12.1 Å². The molecule has 0 aliphatic heterocycles. The Morgan fingerprint density at radius 1 is 1.24 bits per heavy atom. The summed E-state index contributed by atoms with van der Waals surface area (Å²) in [7, 11) is 0. The first kappa shape index (κ1) is 15.0. The Morgan fingerprint density at radius 3 is 2.57 bits per heavy atom. The van der Waals surface area contributed by atoms with Gasteiger partial charge in [0.2, 0.25) is 0 Å². The average molecular weight is 286 g/mol. The van der Waals surface area contributed by atoms with Crippen molar-refractivity contribution >= 4 is 5.69 Å². The van der Waals surface area contributed by atoms with Gasteiger partial charge in [0, 0.05) is 24.6 Å². The predicted molar refractivity (Wildman–Crippen MR) is 81.3 cm³/mol. The van der Waals surface area contributed by atoms with E-state index in [0.717, 1.165) is 16.9 Å². The molecule has 0 spiro atoms. The van der Waals surface area contributed by atoms with Crippen LogP contribution in [0.25, 0.3) is 0 Å². The van der Waals surface area contributed by atoms with Crippen molar-refractivity contribution in [2.45, 2.75) is 19.4 Å². The molecule has 0 bridgehead atoms. The lowest BCUT2D eigenvalue weighted by molar-refractivity contribution is -0.384. The number of non-ortho nitro benzene ring substituents is 1. The molecule has 0 heterocycles. The van der Waals surface area contributed by atoms with E-state index in [-0.39, 0.29) is 11.7 Å². The zero-order valence-electron chi connectivity index (χ0n) is 11.9. The lowest BCUT2D eigenvalue weighted by Crippen LogP contribution is -2.06. The van der Waals surface area contributed by atoms with Gasteiger partial charge in [-0.3, -0.25) is 10.1 Å². The monoisotopic (exact) mass is 286 g/mol. The van der Waals surface area contributed by atoms with Crippen LogP contribution in [-0.2, 0) is 6.42 Å². The number of nitrogens with two attached hydrogens (primary N) is 1. The van der Waals surface area contributed by atoms with Crippen LogP contribution >= 0.6 is 0 Å². The molecule has 2 aromatic rings. The number of nitro groups is 1. The highest BCUT2D eigenvalue weighted by atomic mass is 16.6. The van der Waals surface area contributed by atoms with E-state index in [9.17, 15) is 10.1 Å². The van der Waals surface area contributed by atoms with Crippen LogP contribution in [0.2, 0.25) is 0 Å². The van der Waals surface area contributed by atoms with Gasteiger partial charge in [-0.2, -0.15) is 0 Å². The van der Waals surface area contributed by atoms with Crippen molar-refractivity contribution in [2.24, 2.45) is 5.73 Å². The fourth-order valence-electron chi connectivity index (χ4n) is 1.96. The summed E-state index contributed by atoms with van der Waals surface area (Å²) in [4.78, 5) is 10.2. The number of nitrogens with zero attached hydrogens (tertiary/aromatic N) is 1. The van der Waals surface area contributed by atoms with Crippen molar-refractivity contribution in [3.05, 3.63) is 69.8 Å². The SMILES string of the molecule is C[C@H](N)c1cccc(OCCc2ccc([N+](=O)[O-])cc2)c1. The Bertz CT molecular complexity index is 609. The molecule has 2 aromatic carbocycles. The number of benzene rings is 2. The molecule has 110 valence electrons. The van der Waals surface area contributed by atoms with E-state index in [2.05, 4.69) is 0 Å². The molecule has 1 atom stereocenters. The van der Waals surface area contributed by atoms with Crippen molar-refractivity contribution in [3.63, 3.8) is 0 Å². The second-order valence-corrected chi connectivity index (χ2v) is 4.88. The largest absolute Gasteiger partial charge is 0.493 e. The van der Waals surface area contributed by atoms with Gasteiger partial charge in [-0.25, -0.2) is 0 Å². The fraction of sp³-hybridized carbons (Fsp3) is 0.250. The van der Waals surface area contributed by atoms with Gasteiger partial charge in [0.15, 0.2) is 0 Å². The Balaban J connectivity index is 1.89. The van der Waals surface area contributed by atoms with Gasteiger partial charge in [0.1, 0.15) is 5.75 Å². The van der Waals surface area contributed by atoms with Crippen LogP contribution in [0.15, 0.2) is 48.5 Å². The number of hydrogen-bond donors (Lipinski definition) is 1. The average Bonchev–Trinajstić information content (AvgIpc) is 2.48. The molecule has 21 heavy (non-hydrogen) atoms. The van der Waals surface area contributed by atoms with E-state index >= 15 is 0 Å². The molecule has 0 radical (unpaired) electrons. The highest BCUT2D eigenvalue weighted by Gasteiger charge is 2.04. The third-order valence-corrected chi connectivity index (χ3v) is 3.19. The van der Waals surface area contributed by atoms with Crippen LogP contribution in [-0.4, -0.2) is 11.5 Å². The molecule has 0 amide bonds. The van der Waals surface area contributed by atoms with Crippen LogP contribution in [0.4, 0.5) is 5.69 Å². The molecular weight excluding hydrogens is 268 g/mol. The molecule has 0 fully saturated rings. The minimum absolute atomic E-state index is 0.0248. The number of nitro benzene ring substituents is 1. The van der Waals surface area contributed by atoms with Gasteiger partial charge in [-0.1, -0.05) is 24.3 Å². The summed E-state index contributed by atoms with van der Waals surface area (Å²) in [6.45, 7) is 2.44.